The molecule has 0 unspecified atom stereocenters. The third-order valence-electron chi connectivity index (χ3n) is 6.12. The maximum Gasteiger partial charge on any atom is 0.412 e. The van der Waals surface area contributed by atoms with Crippen molar-refractivity contribution in [2.75, 3.05) is 31.2 Å². The molecule has 0 radical (unpaired) electrons. The number of nitrogens with one attached hydrogen (secondary N) is 1. The first kappa shape index (κ1) is 20.7. The second-order valence-electron chi connectivity index (χ2n) is 8.94. The monoisotopic (exact) mass is 409 g/mol. The van der Waals surface area contributed by atoms with Crippen molar-refractivity contribution in [1.29, 1.82) is 0 Å². The minimum atomic E-state index is -0.383. The largest absolute Gasteiger partial charge is 0.412 e. The van der Waals surface area contributed by atoms with Gasteiger partial charge in [-0.3, -0.25) is 4.98 Å². The number of hydrogen-bond acceptors (Lipinski definition) is 5. The molecule has 2 aliphatic heterocycles. The Morgan fingerprint density at radius 3 is 2.77 bits per heavy atom. The Labute approximate surface area is 178 Å². The van der Waals surface area contributed by atoms with Crippen LogP contribution in [0.3, 0.4) is 0 Å². The molecular formula is C24H31N3O3. The number of rotatable bonds is 6. The minimum Gasteiger partial charge on any atom is -0.410 e. The predicted molar refractivity (Wildman–Crippen MR) is 117 cm³/mol. The molecule has 1 fully saturated rings. The summed E-state index contributed by atoms with van der Waals surface area (Å²) in [5.74, 6) is 1.22. The quantitative estimate of drug-likeness (QED) is 0.771. The first-order valence-electron chi connectivity index (χ1n) is 10.8. The Morgan fingerprint density at radius 1 is 1.23 bits per heavy atom. The van der Waals surface area contributed by atoms with E-state index in [1.54, 1.807) is 0 Å². The summed E-state index contributed by atoms with van der Waals surface area (Å²) in [4.78, 5) is 18.7. The van der Waals surface area contributed by atoms with Gasteiger partial charge < -0.3 is 19.7 Å². The molecule has 0 bridgehead atoms. The molecule has 1 aromatic carbocycles. The highest BCUT2D eigenvalue weighted by Gasteiger charge is 2.35. The van der Waals surface area contributed by atoms with Gasteiger partial charge in [-0.15, -0.1) is 0 Å². The SMILES string of the molecule is CC1(C)CN(Cc2ccncc2)c2ccc(OC(=O)NCCC3CCOCC3)cc21. The van der Waals surface area contributed by atoms with Crippen molar-refractivity contribution in [3.63, 3.8) is 0 Å². The number of hydrogen-bond donors (Lipinski definition) is 1. The Kier molecular flexibility index (Phi) is 6.23. The van der Waals surface area contributed by atoms with Crippen molar-refractivity contribution in [3.8, 4) is 5.75 Å². The summed E-state index contributed by atoms with van der Waals surface area (Å²) in [5, 5.41) is 2.89. The molecule has 0 spiro atoms. The van der Waals surface area contributed by atoms with Crippen LogP contribution in [0.15, 0.2) is 42.7 Å². The number of carbonyl (C=O) groups is 1. The standard InChI is InChI=1S/C24H31N3O3/c1-24(2)17-27(16-19-5-10-25-11-6-19)22-4-3-20(15-21(22)24)30-23(28)26-12-7-18-8-13-29-14-9-18/h3-6,10-11,15,18H,7-9,12-14,16-17H2,1-2H3,(H,26,28). The van der Waals surface area contributed by atoms with Crippen molar-refractivity contribution in [1.82, 2.24) is 10.3 Å². The summed E-state index contributed by atoms with van der Waals surface area (Å²) in [7, 11) is 0. The van der Waals surface area contributed by atoms with Crippen molar-refractivity contribution < 1.29 is 14.3 Å². The lowest BCUT2D eigenvalue weighted by atomic mass is 9.87. The third-order valence-corrected chi connectivity index (χ3v) is 6.12. The predicted octanol–water partition coefficient (Wildman–Crippen LogP) is 4.28. The second-order valence-corrected chi connectivity index (χ2v) is 8.94. The van der Waals surface area contributed by atoms with Crippen molar-refractivity contribution in [2.24, 2.45) is 5.92 Å². The van der Waals surface area contributed by atoms with Crippen LogP contribution in [-0.2, 0) is 16.7 Å². The van der Waals surface area contributed by atoms with Crippen LogP contribution in [0.25, 0.3) is 0 Å². The second kappa shape index (κ2) is 9.04. The van der Waals surface area contributed by atoms with Crippen LogP contribution in [-0.4, -0.2) is 37.4 Å². The van der Waals surface area contributed by atoms with Crippen molar-refractivity contribution >= 4 is 11.8 Å². The molecule has 6 heteroatoms. The molecule has 1 amide bonds. The number of aromatic nitrogens is 1. The number of carbonyl (C=O) groups excluding carboxylic acids is 1. The number of amides is 1. The maximum absolute atomic E-state index is 12.2. The van der Waals surface area contributed by atoms with E-state index >= 15 is 0 Å². The Hall–Kier alpha value is -2.60. The van der Waals surface area contributed by atoms with Crippen LogP contribution in [0.5, 0.6) is 5.75 Å². The first-order valence-corrected chi connectivity index (χ1v) is 10.8. The molecule has 1 N–H and O–H groups in total. The van der Waals surface area contributed by atoms with Gasteiger partial charge in [0.2, 0.25) is 0 Å². The zero-order valence-corrected chi connectivity index (χ0v) is 17.9. The average Bonchev–Trinajstić information content (AvgIpc) is 2.99. The molecular weight excluding hydrogens is 378 g/mol. The topological polar surface area (TPSA) is 63.7 Å². The molecule has 2 aromatic rings. The van der Waals surface area contributed by atoms with Gasteiger partial charge in [-0.05, 0) is 66.6 Å². The Morgan fingerprint density at radius 2 is 2.00 bits per heavy atom. The van der Waals surface area contributed by atoms with Gasteiger partial charge in [-0.1, -0.05) is 13.8 Å². The fraction of sp³-hybridized carbons (Fsp3) is 0.500. The summed E-state index contributed by atoms with van der Waals surface area (Å²) >= 11 is 0. The summed E-state index contributed by atoms with van der Waals surface area (Å²) in [6.45, 7) is 8.53. The van der Waals surface area contributed by atoms with Crippen molar-refractivity contribution in [3.05, 3.63) is 53.9 Å². The van der Waals surface area contributed by atoms with Crippen molar-refractivity contribution in [2.45, 2.75) is 45.1 Å². The lowest BCUT2D eigenvalue weighted by Crippen LogP contribution is -2.30. The van der Waals surface area contributed by atoms with E-state index in [9.17, 15) is 4.79 Å². The Bertz CT molecular complexity index is 863. The van der Waals surface area contributed by atoms with Crippen LogP contribution < -0.4 is 15.0 Å². The van der Waals surface area contributed by atoms with Gasteiger partial charge in [0.15, 0.2) is 0 Å². The van der Waals surface area contributed by atoms with Crippen LogP contribution >= 0.6 is 0 Å². The fourth-order valence-electron chi connectivity index (χ4n) is 4.45. The summed E-state index contributed by atoms with van der Waals surface area (Å²) in [5.41, 5.74) is 3.63. The van der Waals surface area contributed by atoms with E-state index < -0.39 is 0 Å². The smallest absolute Gasteiger partial charge is 0.410 e. The zero-order valence-electron chi connectivity index (χ0n) is 17.9. The molecule has 30 heavy (non-hydrogen) atoms. The molecule has 1 saturated heterocycles. The van der Waals surface area contributed by atoms with Crippen LogP contribution in [0.1, 0.15) is 44.2 Å². The number of nitrogens with zero attached hydrogens (tertiary/aromatic N) is 2. The van der Waals surface area contributed by atoms with Crippen LogP contribution in [0, 0.1) is 5.92 Å². The lowest BCUT2D eigenvalue weighted by Gasteiger charge is -2.22. The van der Waals surface area contributed by atoms with E-state index in [1.807, 2.05) is 36.7 Å². The minimum absolute atomic E-state index is 0.0126. The number of ether oxygens (including phenoxy) is 2. The Balaban J connectivity index is 1.36. The van der Waals surface area contributed by atoms with Gasteiger partial charge >= 0.3 is 6.09 Å². The van der Waals surface area contributed by atoms with Gasteiger partial charge in [0, 0.05) is 56.3 Å². The molecule has 1 aromatic heterocycles. The molecule has 0 atom stereocenters. The highest BCUT2D eigenvalue weighted by Crippen LogP contribution is 2.42. The zero-order chi connectivity index (χ0) is 21.0. The van der Waals surface area contributed by atoms with Crippen LogP contribution in [0.2, 0.25) is 0 Å². The van der Waals surface area contributed by atoms with E-state index in [1.165, 1.54) is 16.8 Å². The maximum atomic E-state index is 12.2. The number of anilines is 1. The molecule has 160 valence electrons. The van der Waals surface area contributed by atoms with Gasteiger partial charge in [-0.2, -0.15) is 0 Å². The molecule has 0 saturated carbocycles. The third kappa shape index (κ3) is 4.93. The van der Waals surface area contributed by atoms with E-state index in [0.717, 1.165) is 45.6 Å². The summed E-state index contributed by atoms with van der Waals surface area (Å²) < 4.78 is 11.0. The summed E-state index contributed by atoms with van der Waals surface area (Å²) in [6.07, 6.45) is 6.40. The molecule has 4 rings (SSSR count). The summed E-state index contributed by atoms with van der Waals surface area (Å²) in [6, 6.07) is 10.1. The lowest BCUT2D eigenvalue weighted by molar-refractivity contribution is 0.0640. The number of pyridine rings is 1. The van der Waals surface area contributed by atoms with Crippen LogP contribution in [0.4, 0.5) is 10.5 Å². The van der Waals surface area contributed by atoms with Gasteiger partial charge in [0.05, 0.1) is 0 Å². The van der Waals surface area contributed by atoms with E-state index in [-0.39, 0.29) is 11.5 Å². The highest BCUT2D eigenvalue weighted by molar-refractivity contribution is 5.72. The first-order chi connectivity index (χ1) is 14.5. The number of benzene rings is 1. The normalized spacial score (nSPS) is 18.1. The van der Waals surface area contributed by atoms with E-state index in [0.29, 0.717) is 18.2 Å². The van der Waals surface area contributed by atoms with Gasteiger partial charge in [-0.25, -0.2) is 4.79 Å². The highest BCUT2D eigenvalue weighted by atomic mass is 16.6. The average molecular weight is 410 g/mol. The van der Waals surface area contributed by atoms with Gasteiger partial charge in [0.1, 0.15) is 5.75 Å². The molecule has 3 heterocycles. The molecule has 2 aliphatic rings. The van der Waals surface area contributed by atoms with Gasteiger partial charge in [0.25, 0.3) is 0 Å². The number of fused-ring (bicyclic) bond motifs is 1. The van der Waals surface area contributed by atoms with E-state index in [2.05, 4.69) is 35.1 Å². The molecule has 6 nitrogen and oxygen atoms in total. The van der Waals surface area contributed by atoms with E-state index in [4.69, 9.17) is 9.47 Å². The molecule has 0 aliphatic carbocycles. The fourth-order valence-corrected chi connectivity index (χ4v) is 4.45.